The van der Waals surface area contributed by atoms with Crippen LogP contribution in [-0.2, 0) is 17.9 Å². The van der Waals surface area contributed by atoms with Gasteiger partial charge in [0.2, 0.25) is 5.91 Å². The summed E-state index contributed by atoms with van der Waals surface area (Å²) in [4.78, 5) is 26.4. The topological polar surface area (TPSA) is 61.4 Å². The number of carbonyl (C=O) groups excluding carboxylic acids is 2. The first-order valence-corrected chi connectivity index (χ1v) is 10.1. The van der Waals surface area contributed by atoms with Crippen LogP contribution in [0.25, 0.3) is 0 Å². The highest BCUT2D eigenvalue weighted by atomic mass is 35.5. The second-order valence-corrected chi connectivity index (χ2v) is 7.10. The molecule has 0 atom stereocenters. The number of benzene rings is 2. The van der Waals surface area contributed by atoms with Gasteiger partial charge in [-0.2, -0.15) is 0 Å². The average Bonchev–Trinajstić information content (AvgIpc) is 2.70. The molecular formula is C22H27ClFN3O2. The van der Waals surface area contributed by atoms with E-state index in [0.29, 0.717) is 6.54 Å². The average molecular weight is 420 g/mol. The number of nitrogens with zero attached hydrogens (tertiary/aromatic N) is 1. The summed E-state index contributed by atoms with van der Waals surface area (Å²) in [6.07, 6.45) is 0.143. The van der Waals surface area contributed by atoms with Crippen molar-refractivity contribution in [1.29, 1.82) is 0 Å². The van der Waals surface area contributed by atoms with E-state index in [1.54, 1.807) is 0 Å². The smallest absolute Gasteiger partial charge is 0.252 e. The maximum atomic E-state index is 13.0. The number of hydrogen-bond donors (Lipinski definition) is 2. The fraction of sp³-hybridized carbons (Fsp3) is 0.364. The normalized spacial score (nSPS) is 10.8. The predicted octanol–water partition coefficient (Wildman–Crippen LogP) is 3.76. The summed E-state index contributed by atoms with van der Waals surface area (Å²) in [6, 6.07) is 11.7. The molecule has 0 unspecified atom stereocenters. The maximum Gasteiger partial charge on any atom is 0.252 e. The first kappa shape index (κ1) is 22.8. The summed E-state index contributed by atoms with van der Waals surface area (Å²) >= 11 is 5.86. The van der Waals surface area contributed by atoms with Gasteiger partial charge < -0.3 is 10.6 Å². The Morgan fingerprint density at radius 1 is 1.03 bits per heavy atom. The van der Waals surface area contributed by atoms with E-state index in [0.717, 1.165) is 31.3 Å². The van der Waals surface area contributed by atoms with Crippen LogP contribution < -0.4 is 10.6 Å². The van der Waals surface area contributed by atoms with Crippen LogP contribution in [0.1, 0.15) is 41.8 Å². The lowest BCUT2D eigenvalue weighted by atomic mass is 10.1. The van der Waals surface area contributed by atoms with Gasteiger partial charge in [0.1, 0.15) is 5.82 Å². The van der Waals surface area contributed by atoms with Crippen molar-refractivity contribution < 1.29 is 14.0 Å². The zero-order valence-electron chi connectivity index (χ0n) is 16.8. The van der Waals surface area contributed by atoms with Gasteiger partial charge in [0, 0.05) is 26.1 Å². The summed E-state index contributed by atoms with van der Waals surface area (Å²) in [5, 5.41) is 5.52. The van der Waals surface area contributed by atoms with Crippen LogP contribution in [0.2, 0.25) is 5.02 Å². The molecule has 2 aromatic carbocycles. The molecule has 0 aliphatic carbocycles. The standard InChI is InChI=1S/C22H27ClFN3O2/c1-3-27(4-2)15-17-7-5-6-16(12-17)14-26-21(28)10-11-25-22(29)19-9-8-18(24)13-20(19)23/h5-9,12-13H,3-4,10-11,14-15H2,1-2H3,(H,25,29)(H,26,28). The number of carbonyl (C=O) groups is 2. The van der Waals surface area contributed by atoms with E-state index in [-0.39, 0.29) is 29.5 Å². The molecule has 0 aliphatic rings. The Bertz CT molecular complexity index is 841. The zero-order chi connectivity index (χ0) is 21.2. The molecule has 0 bridgehead atoms. The van der Waals surface area contributed by atoms with Crippen molar-refractivity contribution in [2.75, 3.05) is 19.6 Å². The first-order chi connectivity index (χ1) is 13.9. The molecule has 2 aromatic rings. The molecule has 2 rings (SSSR count). The minimum atomic E-state index is -0.507. The van der Waals surface area contributed by atoms with Gasteiger partial charge in [-0.3, -0.25) is 14.5 Å². The van der Waals surface area contributed by atoms with Crippen LogP contribution in [0.4, 0.5) is 4.39 Å². The van der Waals surface area contributed by atoms with E-state index >= 15 is 0 Å². The van der Waals surface area contributed by atoms with Crippen molar-refractivity contribution >= 4 is 23.4 Å². The Morgan fingerprint density at radius 3 is 2.45 bits per heavy atom. The van der Waals surface area contributed by atoms with E-state index < -0.39 is 11.7 Å². The van der Waals surface area contributed by atoms with Crippen molar-refractivity contribution in [2.45, 2.75) is 33.4 Å². The third-order valence-corrected chi connectivity index (χ3v) is 4.91. The molecule has 7 heteroatoms. The van der Waals surface area contributed by atoms with Crippen molar-refractivity contribution in [3.8, 4) is 0 Å². The second-order valence-electron chi connectivity index (χ2n) is 6.69. The predicted molar refractivity (Wildman–Crippen MR) is 113 cm³/mol. The molecular weight excluding hydrogens is 393 g/mol. The minimum Gasteiger partial charge on any atom is -0.352 e. The van der Waals surface area contributed by atoms with Gasteiger partial charge >= 0.3 is 0 Å². The van der Waals surface area contributed by atoms with Crippen molar-refractivity contribution in [2.24, 2.45) is 0 Å². The highest BCUT2D eigenvalue weighted by Gasteiger charge is 2.11. The van der Waals surface area contributed by atoms with Crippen LogP contribution >= 0.6 is 11.6 Å². The SMILES string of the molecule is CCN(CC)Cc1cccc(CNC(=O)CCNC(=O)c2ccc(F)cc2Cl)c1. The Kier molecular flexibility index (Phi) is 9.09. The second kappa shape index (κ2) is 11.5. The lowest BCUT2D eigenvalue weighted by Gasteiger charge is -2.18. The van der Waals surface area contributed by atoms with Crippen LogP contribution in [0.3, 0.4) is 0 Å². The molecule has 0 spiro atoms. The third kappa shape index (κ3) is 7.48. The van der Waals surface area contributed by atoms with Gasteiger partial charge in [-0.1, -0.05) is 49.7 Å². The molecule has 2 amide bonds. The van der Waals surface area contributed by atoms with Crippen LogP contribution in [0.5, 0.6) is 0 Å². The number of halogens is 2. The monoisotopic (exact) mass is 419 g/mol. The summed E-state index contributed by atoms with van der Waals surface area (Å²) in [5.41, 5.74) is 2.42. The first-order valence-electron chi connectivity index (χ1n) is 9.73. The maximum absolute atomic E-state index is 13.0. The van der Waals surface area contributed by atoms with E-state index in [9.17, 15) is 14.0 Å². The molecule has 0 aliphatic heterocycles. The largest absolute Gasteiger partial charge is 0.352 e. The molecule has 0 radical (unpaired) electrons. The summed E-state index contributed by atoms with van der Waals surface area (Å²) in [6.45, 7) is 7.74. The number of hydrogen-bond acceptors (Lipinski definition) is 3. The van der Waals surface area contributed by atoms with Gasteiger partial charge in [-0.05, 0) is 42.4 Å². The summed E-state index contributed by atoms with van der Waals surface area (Å²) in [5.74, 6) is -1.11. The lowest BCUT2D eigenvalue weighted by molar-refractivity contribution is -0.121. The summed E-state index contributed by atoms with van der Waals surface area (Å²) < 4.78 is 13.0. The Balaban J connectivity index is 1.76. The fourth-order valence-corrected chi connectivity index (χ4v) is 3.14. The Morgan fingerprint density at radius 2 is 1.76 bits per heavy atom. The van der Waals surface area contributed by atoms with Gasteiger partial charge in [0.25, 0.3) is 5.91 Å². The van der Waals surface area contributed by atoms with Gasteiger partial charge in [0.15, 0.2) is 0 Å². The molecule has 29 heavy (non-hydrogen) atoms. The number of nitrogens with one attached hydrogen (secondary N) is 2. The molecule has 0 saturated heterocycles. The van der Waals surface area contributed by atoms with Gasteiger partial charge in [-0.25, -0.2) is 4.39 Å². The number of rotatable bonds is 10. The van der Waals surface area contributed by atoms with E-state index in [1.807, 2.05) is 12.1 Å². The minimum absolute atomic E-state index is 0.0385. The lowest BCUT2D eigenvalue weighted by Crippen LogP contribution is -2.30. The van der Waals surface area contributed by atoms with E-state index in [1.165, 1.54) is 17.7 Å². The van der Waals surface area contributed by atoms with Crippen LogP contribution in [0, 0.1) is 5.82 Å². The fourth-order valence-electron chi connectivity index (χ4n) is 2.89. The van der Waals surface area contributed by atoms with Gasteiger partial charge in [0.05, 0.1) is 10.6 Å². The van der Waals surface area contributed by atoms with Crippen molar-refractivity contribution in [3.63, 3.8) is 0 Å². The van der Waals surface area contributed by atoms with Crippen molar-refractivity contribution in [3.05, 3.63) is 70.0 Å². The third-order valence-electron chi connectivity index (χ3n) is 4.60. The van der Waals surface area contributed by atoms with Crippen LogP contribution in [0.15, 0.2) is 42.5 Å². The Hall–Kier alpha value is -2.44. The number of amides is 2. The quantitative estimate of drug-likeness (QED) is 0.616. The van der Waals surface area contributed by atoms with E-state index in [4.69, 9.17) is 11.6 Å². The Labute approximate surface area is 176 Å². The molecule has 156 valence electrons. The zero-order valence-corrected chi connectivity index (χ0v) is 17.6. The summed E-state index contributed by atoms with van der Waals surface area (Å²) in [7, 11) is 0. The van der Waals surface area contributed by atoms with Crippen LogP contribution in [-0.4, -0.2) is 36.3 Å². The van der Waals surface area contributed by atoms with Crippen molar-refractivity contribution in [1.82, 2.24) is 15.5 Å². The highest BCUT2D eigenvalue weighted by Crippen LogP contribution is 2.17. The molecule has 0 saturated carbocycles. The van der Waals surface area contributed by atoms with E-state index in [2.05, 4.69) is 41.5 Å². The molecule has 0 fully saturated rings. The molecule has 5 nitrogen and oxygen atoms in total. The van der Waals surface area contributed by atoms with Gasteiger partial charge in [-0.15, -0.1) is 0 Å². The molecule has 0 aromatic heterocycles. The molecule has 2 N–H and O–H groups in total. The molecule has 0 heterocycles. The highest BCUT2D eigenvalue weighted by molar-refractivity contribution is 6.33.